The summed E-state index contributed by atoms with van der Waals surface area (Å²) in [7, 11) is 0. The highest BCUT2D eigenvalue weighted by Crippen LogP contribution is 2.03. The molecule has 0 rings (SSSR count). The lowest BCUT2D eigenvalue weighted by atomic mass is 10.2. The number of rotatable bonds is 6. The Morgan fingerprint density at radius 1 is 1.40 bits per heavy atom. The van der Waals surface area contributed by atoms with Crippen molar-refractivity contribution in [2.24, 2.45) is 0 Å². The Kier molecular flexibility index (Phi) is 7.04. The molecule has 1 atom stereocenters. The third-order valence-electron chi connectivity index (χ3n) is 1.58. The fourth-order valence-corrected chi connectivity index (χ4v) is 0.616. The van der Waals surface area contributed by atoms with Crippen LogP contribution in [0, 0.1) is 6.61 Å². The van der Waals surface area contributed by atoms with E-state index < -0.39 is 0 Å². The van der Waals surface area contributed by atoms with Crippen molar-refractivity contribution in [2.75, 3.05) is 0 Å². The van der Waals surface area contributed by atoms with E-state index in [4.69, 9.17) is 4.74 Å². The standard InChI is InChI=1S/C9H19O/c1-4-6-7-8-10-9(3)5-2/h8-9H,4-7H2,1-3H3. The van der Waals surface area contributed by atoms with Crippen LogP contribution in [0.1, 0.15) is 46.5 Å². The average Bonchev–Trinajstić information content (AvgIpc) is 1.98. The summed E-state index contributed by atoms with van der Waals surface area (Å²) in [5.41, 5.74) is 0. The molecule has 0 spiro atoms. The van der Waals surface area contributed by atoms with Crippen molar-refractivity contribution in [3.8, 4) is 0 Å². The molecule has 0 aromatic carbocycles. The average molecular weight is 143 g/mol. The van der Waals surface area contributed by atoms with Crippen LogP contribution in [0.4, 0.5) is 0 Å². The predicted octanol–water partition coefficient (Wildman–Crippen LogP) is 3.15. The van der Waals surface area contributed by atoms with Crippen LogP contribution in [0.2, 0.25) is 0 Å². The maximum Gasteiger partial charge on any atom is 0.0840 e. The lowest BCUT2D eigenvalue weighted by Gasteiger charge is -2.08. The predicted molar refractivity (Wildman–Crippen MR) is 44.7 cm³/mol. The van der Waals surface area contributed by atoms with Gasteiger partial charge in [-0.25, -0.2) is 0 Å². The highest BCUT2D eigenvalue weighted by atomic mass is 16.5. The second kappa shape index (κ2) is 7.07. The minimum absolute atomic E-state index is 0.400. The molecule has 10 heavy (non-hydrogen) atoms. The van der Waals surface area contributed by atoms with E-state index in [1.165, 1.54) is 12.8 Å². The Labute approximate surface area is 64.8 Å². The van der Waals surface area contributed by atoms with Crippen LogP contribution < -0.4 is 0 Å². The summed E-state index contributed by atoms with van der Waals surface area (Å²) in [6.45, 7) is 8.37. The molecule has 1 unspecified atom stereocenters. The number of ether oxygens (including phenoxy) is 1. The van der Waals surface area contributed by atoms with Crippen LogP contribution in [0.3, 0.4) is 0 Å². The van der Waals surface area contributed by atoms with Gasteiger partial charge in [-0.1, -0.05) is 26.7 Å². The molecule has 1 radical (unpaired) electrons. The summed E-state index contributed by atoms with van der Waals surface area (Å²) < 4.78 is 5.37. The van der Waals surface area contributed by atoms with Crippen LogP contribution in [-0.2, 0) is 4.74 Å². The molecule has 1 nitrogen and oxygen atoms in total. The van der Waals surface area contributed by atoms with E-state index in [0.29, 0.717) is 6.10 Å². The summed E-state index contributed by atoms with van der Waals surface area (Å²) in [6.07, 6.45) is 5.09. The third-order valence-corrected chi connectivity index (χ3v) is 1.58. The fraction of sp³-hybridized carbons (Fsp3) is 0.889. The first-order chi connectivity index (χ1) is 4.81. The van der Waals surface area contributed by atoms with E-state index in [1.54, 1.807) is 0 Å². The van der Waals surface area contributed by atoms with E-state index >= 15 is 0 Å². The van der Waals surface area contributed by atoms with Gasteiger partial charge in [0.1, 0.15) is 0 Å². The van der Waals surface area contributed by atoms with Crippen molar-refractivity contribution >= 4 is 0 Å². The van der Waals surface area contributed by atoms with Crippen molar-refractivity contribution < 1.29 is 4.74 Å². The third kappa shape index (κ3) is 6.09. The van der Waals surface area contributed by atoms with Gasteiger partial charge >= 0.3 is 0 Å². The Balaban J connectivity index is 2.89. The fourth-order valence-electron chi connectivity index (χ4n) is 0.616. The molecule has 0 aliphatic carbocycles. The molecule has 0 N–H and O–H groups in total. The molecule has 0 aliphatic heterocycles. The molecule has 61 valence electrons. The van der Waals surface area contributed by atoms with E-state index in [-0.39, 0.29) is 0 Å². The van der Waals surface area contributed by atoms with Crippen molar-refractivity contribution in [1.29, 1.82) is 0 Å². The molecule has 0 amide bonds. The summed E-state index contributed by atoms with van der Waals surface area (Å²) in [4.78, 5) is 0. The van der Waals surface area contributed by atoms with Crippen LogP contribution in [0.25, 0.3) is 0 Å². The van der Waals surface area contributed by atoms with E-state index in [1.807, 2.05) is 6.61 Å². The summed E-state index contributed by atoms with van der Waals surface area (Å²) in [6, 6.07) is 0. The maximum atomic E-state index is 5.37. The molecular weight excluding hydrogens is 124 g/mol. The Morgan fingerprint density at radius 3 is 2.60 bits per heavy atom. The Bertz CT molecular complexity index is 61.7. The van der Waals surface area contributed by atoms with Crippen molar-refractivity contribution in [1.82, 2.24) is 0 Å². The normalized spacial score (nSPS) is 13.5. The monoisotopic (exact) mass is 143 g/mol. The zero-order valence-corrected chi connectivity index (χ0v) is 7.39. The van der Waals surface area contributed by atoms with Gasteiger partial charge in [-0.3, -0.25) is 0 Å². The Morgan fingerprint density at radius 2 is 2.10 bits per heavy atom. The topological polar surface area (TPSA) is 9.23 Å². The number of unbranched alkanes of at least 4 members (excludes halogenated alkanes) is 2. The van der Waals surface area contributed by atoms with Crippen LogP contribution in [0.15, 0.2) is 0 Å². The van der Waals surface area contributed by atoms with E-state index in [0.717, 1.165) is 12.8 Å². The van der Waals surface area contributed by atoms with Gasteiger partial charge in [0, 0.05) is 0 Å². The van der Waals surface area contributed by atoms with Crippen LogP contribution >= 0.6 is 0 Å². The van der Waals surface area contributed by atoms with Gasteiger partial charge in [-0.15, -0.1) is 0 Å². The molecule has 0 saturated carbocycles. The SMILES string of the molecule is CCCC[CH]OC(C)CC. The largest absolute Gasteiger partial charge is 0.373 e. The van der Waals surface area contributed by atoms with Gasteiger partial charge in [0.15, 0.2) is 0 Å². The Hall–Kier alpha value is -0.0400. The van der Waals surface area contributed by atoms with Crippen molar-refractivity contribution in [2.45, 2.75) is 52.6 Å². The highest BCUT2D eigenvalue weighted by molar-refractivity contribution is 4.54. The van der Waals surface area contributed by atoms with Gasteiger partial charge in [-0.05, 0) is 19.8 Å². The summed E-state index contributed by atoms with van der Waals surface area (Å²) >= 11 is 0. The maximum absolute atomic E-state index is 5.37. The molecule has 1 heteroatoms. The molecule has 0 heterocycles. The van der Waals surface area contributed by atoms with Gasteiger partial charge in [0.05, 0.1) is 12.7 Å². The quantitative estimate of drug-likeness (QED) is 0.519. The first-order valence-corrected chi connectivity index (χ1v) is 4.28. The van der Waals surface area contributed by atoms with Gasteiger partial charge in [0.2, 0.25) is 0 Å². The molecule has 0 bridgehead atoms. The second-order valence-electron chi connectivity index (χ2n) is 2.66. The van der Waals surface area contributed by atoms with Crippen LogP contribution in [-0.4, -0.2) is 6.10 Å². The van der Waals surface area contributed by atoms with Crippen molar-refractivity contribution in [3.05, 3.63) is 6.61 Å². The number of hydrogen-bond donors (Lipinski definition) is 0. The molecule has 0 saturated heterocycles. The second-order valence-corrected chi connectivity index (χ2v) is 2.66. The smallest absolute Gasteiger partial charge is 0.0840 e. The number of hydrogen-bond acceptors (Lipinski definition) is 1. The van der Waals surface area contributed by atoms with Crippen molar-refractivity contribution in [3.63, 3.8) is 0 Å². The lowest BCUT2D eigenvalue weighted by Crippen LogP contribution is -2.03. The van der Waals surface area contributed by atoms with Gasteiger partial charge in [0.25, 0.3) is 0 Å². The molecule has 0 aliphatic rings. The molecule has 0 fully saturated rings. The molecular formula is C9H19O. The zero-order chi connectivity index (χ0) is 7.82. The first-order valence-electron chi connectivity index (χ1n) is 4.28. The minimum atomic E-state index is 0.400. The lowest BCUT2D eigenvalue weighted by molar-refractivity contribution is 0.111. The van der Waals surface area contributed by atoms with Gasteiger partial charge < -0.3 is 4.74 Å². The highest BCUT2D eigenvalue weighted by Gasteiger charge is 1.96. The van der Waals surface area contributed by atoms with E-state index in [2.05, 4.69) is 20.8 Å². The van der Waals surface area contributed by atoms with Gasteiger partial charge in [-0.2, -0.15) is 0 Å². The van der Waals surface area contributed by atoms with Crippen LogP contribution in [0.5, 0.6) is 0 Å². The molecule has 0 aromatic heterocycles. The minimum Gasteiger partial charge on any atom is -0.373 e. The molecule has 0 aromatic rings. The first kappa shape index (κ1) is 9.96. The summed E-state index contributed by atoms with van der Waals surface area (Å²) in [5.74, 6) is 0. The zero-order valence-electron chi connectivity index (χ0n) is 7.39. The van der Waals surface area contributed by atoms with E-state index in [9.17, 15) is 0 Å². The summed E-state index contributed by atoms with van der Waals surface area (Å²) in [5, 5.41) is 0.